The molecule has 0 aliphatic heterocycles. The molecule has 96 valence electrons. The fraction of sp³-hybridized carbons (Fsp3) is 0.462. The lowest BCUT2D eigenvalue weighted by atomic mass is 10.1. The van der Waals surface area contributed by atoms with Gasteiger partial charge in [0.2, 0.25) is 0 Å². The van der Waals surface area contributed by atoms with Crippen molar-refractivity contribution in [3.05, 3.63) is 23.8 Å². The van der Waals surface area contributed by atoms with Crippen molar-refractivity contribution in [3.8, 4) is 0 Å². The van der Waals surface area contributed by atoms with E-state index in [0.717, 1.165) is 23.9 Å². The van der Waals surface area contributed by atoms with Crippen LogP contribution >= 0.6 is 0 Å². The predicted molar refractivity (Wildman–Crippen MR) is 70.4 cm³/mol. The lowest BCUT2D eigenvalue weighted by Gasteiger charge is -2.24. The van der Waals surface area contributed by atoms with E-state index >= 15 is 0 Å². The van der Waals surface area contributed by atoms with Gasteiger partial charge in [-0.05, 0) is 31.5 Å². The van der Waals surface area contributed by atoms with Crippen molar-refractivity contribution in [1.29, 1.82) is 0 Å². The molecular formula is C13H18N4O. The number of H-pyrrole nitrogens is 1. The molecule has 0 radical (unpaired) electrons. The summed E-state index contributed by atoms with van der Waals surface area (Å²) in [6, 6.07) is 5.62. The van der Waals surface area contributed by atoms with Crippen molar-refractivity contribution in [1.82, 2.24) is 20.3 Å². The summed E-state index contributed by atoms with van der Waals surface area (Å²) in [6.45, 7) is 4.19. The molecule has 1 atom stereocenters. The number of nitrogens with zero attached hydrogens (tertiary/aromatic N) is 3. The molecule has 0 fully saturated rings. The summed E-state index contributed by atoms with van der Waals surface area (Å²) >= 11 is 0. The molecule has 1 N–H and O–H groups in total. The maximum Gasteiger partial charge on any atom is 0.253 e. The molecule has 0 bridgehead atoms. The van der Waals surface area contributed by atoms with E-state index < -0.39 is 0 Å². The molecule has 2 aromatic rings. The van der Waals surface area contributed by atoms with Gasteiger partial charge in [-0.1, -0.05) is 13.3 Å². The quantitative estimate of drug-likeness (QED) is 0.899. The first-order valence-electron chi connectivity index (χ1n) is 6.21. The number of aromatic amines is 1. The van der Waals surface area contributed by atoms with Crippen LogP contribution < -0.4 is 0 Å². The Morgan fingerprint density at radius 1 is 1.39 bits per heavy atom. The molecule has 0 saturated heterocycles. The molecule has 0 unspecified atom stereocenters. The lowest BCUT2D eigenvalue weighted by Crippen LogP contribution is -2.34. The minimum Gasteiger partial charge on any atom is -0.339 e. The fourth-order valence-corrected chi connectivity index (χ4v) is 1.99. The molecule has 2 rings (SSSR count). The Hall–Kier alpha value is -1.91. The van der Waals surface area contributed by atoms with Crippen LogP contribution in [0.15, 0.2) is 18.2 Å². The van der Waals surface area contributed by atoms with Gasteiger partial charge in [-0.15, -0.1) is 0 Å². The lowest BCUT2D eigenvalue weighted by molar-refractivity contribution is 0.0737. The van der Waals surface area contributed by atoms with Crippen molar-refractivity contribution in [3.63, 3.8) is 0 Å². The van der Waals surface area contributed by atoms with Crippen LogP contribution in [0.25, 0.3) is 11.0 Å². The molecule has 0 spiro atoms. The Morgan fingerprint density at radius 3 is 2.83 bits per heavy atom. The van der Waals surface area contributed by atoms with E-state index in [4.69, 9.17) is 0 Å². The van der Waals surface area contributed by atoms with Crippen molar-refractivity contribution in [2.75, 3.05) is 7.05 Å². The van der Waals surface area contributed by atoms with Gasteiger partial charge in [0.1, 0.15) is 11.0 Å². The highest BCUT2D eigenvalue weighted by Crippen LogP contribution is 2.14. The number of hydrogen-bond donors (Lipinski definition) is 1. The Balaban J connectivity index is 2.21. The average Bonchev–Trinajstić information content (AvgIpc) is 2.84. The van der Waals surface area contributed by atoms with Crippen molar-refractivity contribution in [2.45, 2.75) is 32.7 Å². The third-order valence-electron chi connectivity index (χ3n) is 3.25. The average molecular weight is 246 g/mol. The van der Waals surface area contributed by atoms with Crippen LogP contribution in [0, 0.1) is 0 Å². The van der Waals surface area contributed by atoms with Gasteiger partial charge in [-0.2, -0.15) is 15.4 Å². The molecule has 1 amide bonds. The first kappa shape index (κ1) is 12.5. The Morgan fingerprint density at radius 2 is 2.11 bits per heavy atom. The number of fused-ring (bicyclic) bond motifs is 1. The topological polar surface area (TPSA) is 61.9 Å². The first-order valence-corrected chi connectivity index (χ1v) is 6.21. The number of aromatic nitrogens is 3. The summed E-state index contributed by atoms with van der Waals surface area (Å²) in [7, 11) is 1.84. The predicted octanol–water partition coefficient (Wildman–Crippen LogP) is 2.22. The third kappa shape index (κ3) is 2.34. The summed E-state index contributed by atoms with van der Waals surface area (Å²) < 4.78 is 0. The summed E-state index contributed by atoms with van der Waals surface area (Å²) in [5.74, 6) is 0.0286. The zero-order chi connectivity index (χ0) is 13.1. The molecule has 1 heterocycles. The summed E-state index contributed by atoms with van der Waals surface area (Å²) in [5.41, 5.74) is 2.15. The third-order valence-corrected chi connectivity index (χ3v) is 3.25. The van der Waals surface area contributed by atoms with Crippen molar-refractivity contribution >= 4 is 16.9 Å². The van der Waals surface area contributed by atoms with E-state index in [-0.39, 0.29) is 11.9 Å². The number of amides is 1. The maximum atomic E-state index is 12.3. The molecule has 5 nitrogen and oxygen atoms in total. The fourth-order valence-electron chi connectivity index (χ4n) is 1.99. The van der Waals surface area contributed by atoms with Crippen LogP contribution in [-0.4, -0.2) is 39.3 Å². The largest absolute Gasteiger partial charge is 0.339 e. The van der Waals surface area contributed by atoms with E-state index in [0.29, 0.717) is 5.56 Å². The minimum absolute atomic E-state index is 0.0286. The number of hydrogen-bond acceptors (Lipinski definition) is 3. The van der Waals surface area contributed by atoms with E-state index in [9.17, 15) is 4.79 Å². The van der Waals surface area contributed by atoms with Crippen LogP contribution in [0.4, 0.5) is 0 Å². The van der Waals surface area contributed by atoms with Gasteiger partial charge in [0.05, 0.1) is 0 Å². The Labute approximate surface area is 106 Å². The van der Waals surface area contributed by atoms with Crippen LogP contribution in [0.1, 0.15) is 37.0 Å². The highest BCUT2D eigenvalue weighted by Gasteiger charge is 2.17. The molecule has 0 saturated carbocycles. The van der Waals surface area contributed by atoms with E-state index in [2.05, 4.69) is 29.3 Å². The van der Waals surface area contributed by atoms with E-state index in [1.54, 1.807) is 17.0 Å². The molecule has 1 aromatic carbocycles. The van der Waals surface area contributed by atoms with E-state index in [1.807, 2.05) is 13.1 Å². The highest BCUT2D eigenvalue weighted by molar-refractivity contribution is 5.97. The Bertz CT molecular complexity index is 549. The smallest absolute Gasteiger partial charge is 0.253 e. The summed E-state index contributed by atoms with van der Waals surface area (Å²) in [5, 5.41) is 10.5. The van der Waals surface area contributed by atoms with Crippen LogP contribution in [0.2, 0.25) is 0 Å². The highest BCUT2D eigenvalue weighted by atomic mass is 16.2. The first-order chi connectivity index (χ1) is 8.63. The van der Waals surface area contributed by atoms with Gasteiger partial charge in [-0.3, -0.25) is 4.79 Å². The Kier molecular flexibility index (Phi) is 3.60. The van der Waals surface area contributed by atoms with Crippen LogP contribution in [0.5, 0.6) is 0 Å². The summed E-state index contributed by atoms with van der Waals surface area (Å²) in [6.07, 6.45) is 2.08. The van der Waals surface area contributed by atoms with Gasteiger partial charge in [0.15, 0.2) is 0 Å². The van der Waals surface area contributed by atoms with Gasteiger partial charge < -0.3 is 4.90 Å². The minimum atomic E-state index is 0.0286. The second-order valence-electron chi connectivity index (χ2n) is 4.58. The zero-order valence-electron chi connectivity index (χ0n) is 11.0. The zero-order valence-corrected chi connectivity index (χ0v) is 11.0. The number of nitrogens with one attached hydrogen (secondary N) is 1. The van der Waals surface area contributed by atoms with Crippen molar-refractivity contribution in [2.24, 2.45) is 0 Å². The maximum absolute atomic E-state index is 12.3. The van der Waals surface area contributed by atoms with Crippen molar-refractivity contribution < 1.29 is 4.79 Å². The summed E-state index contributed by atoms with van der Waals surface area (Å²) in [4.78, 5) is 14.1. The number of rotatable bonds is 4. The second kappa shape index (κ2) is 5.16. The molecule has 0 aliphatic rings. The standard InChI is InChI=1S/C13H18N4O/c1-4-5-9(2)17(3)13(18)10-6-7-11-12(8-10)15-16-14-11/h6-9H,4-5H2,1-3H3,(H,14,15,16)/t9-/m0/s1. The van der Waals surface area contributed by atoms with Gasteiger partial charge >= 0.3 is 0 Å². The number of benzene rings is 1. The van der Waals surface area contributed by atoms with E-state index in [1.165, 1.54) is 0 Å². The molecule has 0 aliphatic carbocycles. The molecule has 1 aromatic heterocycles. The number of carbonyl (C=O) groups is 1. The van der Waals surface area contributed by atoms with Gasteiger partial charge in [0.25, 0.3) is 5.91 Å². The molecule has 18 heavy (non-hydrogen) atoms. The number of carbonyl (C=O) groups excluding carboxylic acids is 1. The van der Waals surface area contributed by atoms with Gasteiger partial charge in [0, 0.05) is 18.7 Å². The van der Waals surface area contributed by atoms with Crippen LogP contribution in [0.3, 0.4) is 0 Å². The normalized spacial score (nSPS) is 12.6. The van der Waals surface area contributed by atoms with Gasteiger partial charge in [-0.25, -0.2) is 0 Å². The molecular weight excluding hydrogens is 228 g/mol. The van der Waals surface area contributed by atoms with Crippen LogP contribution in [-0.2, 0) is 0 Å². The second-order valence-corrected chi connectivity index (χ2v) is 4.58. The monoisotopic (exact) mass is 246 g/mol. The molecule has 5 heteroatoms. The SMILES string of the molecule is CCC[C@H](C)N(C)C(=O)c1ccc2n[nH]nc2c1.